The molecule has 0 unspecified atom stereocenters. The molecule has 2 nitrogen and oxygen atoms in total. The molecule has 0 bridgehead atoms. The van der Waals surface area contributed by atoms with Crippen molar-refractivity contribution in [3.8, 4) is 11.5 Å². The van der Waals surface area contributed by atoms with Crippen LogP contribution in [0.1, 0.15) is 132 Å². The third-order valence-corrected chi connectivity index (χ3v) is 10.3. The van der Waals surface area contributed by atoms with Gasteiger partial charge < -0.3 is 10.2 Å². The first kappa shape index (κ1) is 29.5. The van der Waals surface area contributed by atoms with Gasteiger partial charge in [-0.25, -0.2) is 0 Å². The lowest BCUT2D eigenvalue weighted by molar-refractivity contribution is 0.408. The standard InChI is InChI=1S/C41H48O2/c1-28-13-9-11-19-34(28)21-30-23-36(40(42)38(25-30)32-15-5-3-6-16-32)27-37-24-31(22-35-20-12-10-14-29(35)2)26-39(41(37)43)33-17-7-4-8-18-33/h9-14,19-20,23-26,32-33,42-43H,3-8,15-18,21-22,27H2,1-2H3. The van der Waals surface area contributed by atoms with Gasteiger partial charge in [0.2, 0.25) is 0 Å². The lowest BCUT2D eigenvalue weighted by Gasteiger charge is -2.26. The summed E-state index contributed by atoms with van der Waals surface area (Å²) in [6, 6.07) is 26.2. The molecule has 6 rings (SSSR count). The van der Waals surface area contributed by atoms with Crippen molar-refractivity contribution in [1.82, 2.24) is 0 Å². The lowest BCUT2D eigenvalue weighted by Crippen LogP contribution is -2.09. The second-order valence-electron chi connectivity index (χ2n) is 13.4. The van der Waals surface area contributed by atoms with Crippen molar-refractivity contribution in [3.63, 3.8) is 0 Å². The molecule has 2 aliphatic carbocycles. The predicted molar refractivity (Wildman–Crippen MR) is 179 cm³/mol. The van der Waals surface area contributed by atoms with E-state index in [-0.39, 0.29) is 0 Å². The van der Waals surface area contributed by atoms with E-state index in [1.54, 1.807) is 0 Å². The van der Waals surface area contributed by atoms with Gasteiger partial charge in [0.1, 0.15) is 11.5 Å². The molecule has 2 N–H and O–H groups in total. The maximum atomic E-state index is 11.8. The zero-order valence-corrected chi connectivity index (χ0v) is 26.2. The van der Waals surface area contributed by atoms with Crippen LogP contribution in [-0.4, -0.2) is 10.2 Å². The fourth-order valence-electron chi connectivity index (χ4n) is 7.76. The minimum absolute atomic E-state index is 0.406. The largest absolute Gasteiger partial charge is 0.507 e. The van der Waals surface area contributed by atoms with Crippen LogP contribution < -0.4 is 0 Å². The SMILES string of the molecule is Cc1ccccc1Cc1cc(Cc2cc(Cc3ccccc3C)cc(C3CCCCC3)c2O)c(O)c(C2CCCCC2)c1. The van der Waals surface area contributed by atoms with E-state index in [4.69, 9.17) is 0 Å². The molecule has 0 atom stereocenters. The first-order valence-corrected chi connectivity index (χ1v) is 16.7. The minimum Gasteiger partial charge on any atom is -0.507 e. The summed E-state index contributed by atoms with van der Waals surface area (Å²) >= 11 is 0. The van der Waals surface area contributed by atoms with Gasteiger partial charge in [-0.15, -0.1) is 0 Å². The highest BCUT2D eigenvalue weighted by molar-refractivity contribution is 5.54. The molecule has 0 saturated heterocycles. The normalized spacial score (nSPS) is 16.4. The Balaban J connectivity index is 1.42. The summed E-state index contributed by atoms with van der Waals surface area (Å²) < 4.78 is 0. The molecule has 0 amide bonds. The molecule has 2 saturated carbocycles. The predicted octanol–water partition coefficient (Wildman–Crippen LogP) is 10.6. The summed E-state index contributed by atoms with van der Waals surface area (Å²) in [5.41, 5.74) is 11.9. The van der Waals surface area contributed by atoms with Crippen LogP contribution >= 0.6 is 0 Å². The molecule has 0 aliphatic heterocycles. The van der Waals surface area contributed by atoms with Crippen molar-refractivity contribution in [2.24, 2.45) is 0 Å². The van der Waals surface area contributed by atoms with Crippen molar-refractivity contribution in [3.05, 3.63) is 128 Å². The van der Waals surface area contributed by atoms with Crippen molar-refractivity contribution in [2.45, 2.75) is 109 Å². The van der Waals surface area contributed by atoms with Gasteiger partial charge in [0.15, 0.2) is 0 Å². The van der Waals surface area contributed by atoms with E-state index in [1.807, 2.05) is 0 Å². The van der Waals surface area contributed by atoms with E-state index in [9.17, 15) is 10.2 Å². The van der Waals surface area contributed by atoms with Crippen LogP contribution in [0.3, 0.4) is 0 Å². The fraction of sp³-hybridized carbons (Fsp3) is 0.415. The van der Waals surface area contributed by atoms with Gasteiger partial charge >= 0.3 is 0 Å². The molecule has 224 valence electrons. The van der Waals surface area contributed by atoms with Crippen LogP contribution in [0, 0.1) is 13.8 Å². The third-order valence-electron chi connectivity index (χ3n) is 10.3. The van der Waals surface area contributed by atoms with Crippen LogP contribution in [0.4, 0.5) is 0 Å². The number of phenols is 2. The quantitative estimate of drug-likeness (QED) is 0.220. The van der Waals surface area contributed by atoms with Gasteiger partial charge in [0.05, 0.1) is 0 Å². The van der Waals surface area contributed by atoms with Gasteiger partial charge in [0, 0.05) is 6.42 Å². The molecular weight excluding hydrogens is 524 g/mol. The van der Waals surface area contributed by atoms with Crippen LogP contribution in [0.2, 0.25) is 0 Å². The maximum Gasteiger partial charge on any atom is 0.122 e. The number of hydrogen-bond donors (Lipinski definition) is 2. The molecule has 4 aromatic carbocycles. The summed E-state index contributed by atoms with van der Waals surface area (Å²) in [6.07, 6.45) is 14.3. The van der Waals surface area contributed by atoms with E-state index in [2.05, 4.69) is 86.6 Å². The van der Waals surface area contributed by atoms with Crippen LogP contribution in [0.15, 0.2) is 72.8 Å². The fourth-order valence-corrected chi connectivity index (χ4v) is 7.76. The summed E-state index contributed by atoms with van der Waals surface area (Å²) in [6.45, 7) is 4.37. The second-order valence-corrected chi connectivity index (χ2v) is 13.4. The number of aryl methyl sites for hydroxylation is 2. The number of benzene rings is 4. The molecule has 2 fully saturated rings. The Labute approximate surface area is 258 Å². The van der Waals surface area contributed by atoms with E-state index >= 15 is 0 Å². The number of hydrogen-bond acceptors (Lipinski definition) is 2. The summed E-state index contributed by atoms with van der Waals surface area (Å²) in [7, 11) is 0. The van der Waals surface area contributed by atoms with Crippen molar-refractivity contribution in [1.29, 1.82) is 0 Å². The second kappa shape index (κ2) is 13.4. The van der Waals surface area contributed by atoms with Crippen molar-refractivity contribution < 1.29 is 10.2 Å². The van der Waals surface area contributed by atoms with Gasteiger partial charge in [-0.3, -0.25) is 0 Å². The molecule has 2 heteroatoms. The Bertz CT molecular complexity index is 1440. The van der Waals surface area contributed by atoms with E-state index in [0.29, 0.717) is 29.8 Å². The first-order valence-electron chi connectivity index (χ1n) is 16.7. The van der Waals surface area contributed by atoms with Gasteiger partial charge in [-0.1, -0.05) is 111 Å². The average Bonchev–Trinajstić information content (AvgIpc) is 3.03. The molecule has 0 spiro atoms. The number of phenolic OH excluding ortho intramolecular Hbond substituents is 2. The van der Waals surface area contributed by atoms with Crippen molar-refractivity contribution in [2.75, 3.05) is 0 Å². The van der Waals surface area contributed by atoms with Crippen LogP contribution in [0.5, 0.6) is 11.5 Å². The van der Waals surface area contributed by atoms with E-state index in [0.717, 1.165) is 60.8 Å². The first-order chi connectivity index (χ1) is 21.0. The summed E-state index contributed by atoms with van der Waals surface area (Å²) in [4.78, 5) is 0. The highest BCUT2D eigenvalue weighted by Crippen LogP contribution is 2.43. The Morgan fingerprint density at radius 1 is 0.488 bits per heavy atom. The summed E-state index contributed by atoms with van der Waals surface area (Å²) in [5.74, 6) is 1.71. The maximum absolute atomic E-state index is 11.8. The smallest absolute Gasteiger partial charge is 0.122 e. The van der Waals surface area contributed by atoms with Gasteiger partial charge in [0.25, 0.3) is 0 Å². The Hall–Kier alpha value is -3.52. The number of aromatic hydroxyl groups is 2. The van der Waals surface area contributed by atoms with Crippen LogP contribution in [-0.2, 0) is 19.3 Å². The molecule has 0 heterocycles. The Morgan fingerprint density at radius 3 is 1.28 bits per heavy atom. The highest BCUT2D eigenvalue weighted by Gasteiger charge is 2.25. The monoisotopic (exact) mass is 572 g/mol. The summed E-state index contributed by atoms with van der Waals surface area (Å²) in [5, 5.41) is 23.6. The molecule has 4 aromatic rings. The third kappa shape index (κ3) is 6.85. The van der Waals surface area contributed by atoms with Crippen molar-refractivity contribution >= 4 is 0 Å². The van der Waals surface area contributed by atoms with Gasteiger partial charge in [-0.05, 0) is 120 Å². The Morgan fingerprint density at radius 2 is 0.884 bits per heavy atom. The zero-order chi connectivity index (χ0) is 29.8. The molecule has 0 aromatic heterocycles. The lowest BCUT2D eigenvalue weighted by atomic mass is 9.80. The van der Waals surface area contributed by atoms with Gasteiger partial charge in [-0.2, -0.15) is 0 Å². The molecule has 43 heavy (non-hydrogen) atoms. The topological polar surface area (TPSA) is 40.5 Å². The number of rotatable bonds is 8. The van der Waals surface area contributed by atoms with Crippen LogP contribution in [0.25, 0.3) is 0 Å². The molecule has 0 radical (unpaired) electrons. The van der Waals surface area contributed by atoms with E-state index < -0.39 is 0 Å². The highest BCUT2D eigenvalue weighted by atomic mass is 16.3. The minimum atomic E-state index is 0.406. The average molecular weight is 573 g/mol. The molecule has 2 aliphatic rings. The molecular formula is C41H48O2. The van der Waals surface area contributed by atoms with E-state index in [1.165, 1.54) is 71.9 Å². The zero-order valence-electron chi connectivity index (χ0n) is 26.2. The Kier molecular flexibility index (Phi) is 9.22.